The van der Waals surface area contributed by atoms with Gasteiger partial charge in [0.2, 0.25) is 5.91 Å². The molecule has 1 rings (SSSR count). The third-order valence-electron chi connectivity index (χ3n) is 2.11. The van der Waals surface area contributed by atoms with E-state index < -0.39 is 5.97 Å². The number of aromatic nitrogens is 3. The van der Waals surface area contributed by atoms with Crippen molar-refractivity contribution in [2.24, 2.45) is 0 Å². The summed E-state index contributed by atoms with van der Waals surface area (Å²) in [5.74, 6) is -0.416. The van der Waals surface area contributed by atoms with Gasteiger partial charge in [-0.15, -0.1) is 5.10 Å². The molecular weight excluding hydrogens is 244 g/mol. The maximum atomic E-state index is 11.7. The zero-order chi connectivity index (χ0) is 12.8. The van der Waals surface area contributed by atoms with Crippen LogP contribution in [0.25, 0.3) is 0 Å². The highest BCUT2D eigenvalue weighted by Crippen LogP contribution is 1.97. The van der Waals surface area contributed by atoms with Crippen molar-refractivity contribution >= 4 is 23.6 Å². The van der Waals surface area contributed by atoms with E-state index >= 15 is 0 Å². The van der Waals surface area contributed by atoms with Gasteiger partial charge in [-0.25, -0.2) is 9.48 Å². The smallest absolute Gasteiger partial charge is 0.358 e. The zero-order valence-electron chi connectivity index (χ0n) is 9.66. The second kappa shape index (κ2) is 6.24. The number of aromatic carboxylic acids is 1. The van der Waals surface area contributed by atoms with E-state index in [-0.39, 0.29) is 18.1 Å². The minimum Gasteiger partial charge on any atom is -0.476 e. The number of rotatable bonds is 6. The average molecular weight is 258 g/mol. The van der Waals surface area contributed by atoms with E-state index in [0.29, 0.717) is 6.54 Å². The zero-order valence-corrected chi connectivity index (χ0v) is 10.5. The number of carboxylic acids is 1. The normalized spacial score (nSPS) is 10.2. The van der Waals surface area contributed by atoms with Crippen molar-refractivity contribution in [3.05, 3.63) is 11.9 Å². The van der Waals surface area contributed by atoms with Crippen LogP contribution in [0, 0.1) is 0 Å². The quantitative estimate of drug-likeness (QED) is 0.760. The van der Waals surface area contributed by atoms with Gasteiger partial charge in [-0.1, -0.05) is 5.21 Å². The Kier molecular flexibility index (Phi) is 4.95. The Balaban J connectivity index is 2.52. The first-order valence-corrected chi connectivity index (χ1v) is 6.30. The van der Waals surface area contributed by atoms with E-state index in [1.54, 1.807) is 23.7 Å². The van der Waals surface area contributed by atoms with Crippen molar-refractivity contribution in [1.82, 2.24) is 19.9 Å². The molecule has 0 aromatic carbocycles. The van der Waals surface area contributed by atoms with Crippen molar-refractivity contribution in [2.45, 2.75) is 6.54 Å². The molecule has 1 N–H and O–H groups in total. The summed E-state index contributed by atoms with van der Waals surface area (Å²) in [5.41, 5.74) is -0.162. The monoisotopic (exact) mass is 258 g/mol. The molecule has 0 radical (unpaired) electrons. The second-order valence-electron chi connectivity index (χ2n) is 3.41. The third-order valence-corrected chi connectivity index (χ3v) is 2.70. The van der Waals surface area contributed by atoms with E-state index in [2.05, 4.69) is 10.3 Å². The average Bonchev–Trinajstić information content (AvgIpc) is 2.74. The fourth-order valence-corrected chi connectivity index (χ4v) is 1.54. The highest BCUT2D eigenvalue weighted by molar-refractivity contribution is 7.98. The van der Waals surface area contributed by atoms with E-state index in [9.17, 15) is 9.59 Å². The van der Waals surface area contributed by atoms with Gasteiger partial charge in [-0.3, -0.25) is 4.79 Å². The van der Waals surface area contributed by atoms with Gasteiger partial charge in [0.1, 0.15) is 6.54 Å². The first-order chi connectivity index (χ1) is 8.04. The highest BCUT2D eigenvalue weighted by Gasteiger charge is 2.13. The van der Waals surface area contributed by atoms with Crippen LogP contribution < -0.4 is 0 Å². The van der Waals surface area contributed by atoms with Gasteiger partial charge in [0.05, 0.1) is 6.20 Å². The molecule has 0 aliphatic rings. The molecule has 0 aliphatic carbocycles. The summed E-state index contributed by atoms with van der Waals surface area (Å²) in [7, 11) is 1.70. The molecule has 8 heteroatoms. The lowest BCUT2D eigenvalue weighted by Crippen LogP contribution is -2.32. The van der Waals surface area contributed by atoms with Gasteiger partial charge >= 0.3 is 5.97 Å². The number of carboxylic acid groups (broad SMARTS) is 1. The van der Waals surface area contributed by atoms with Crippen LogP contribution in [0.2, 0.25) is 0 Å². The molecular formula is C9H14N4O3S. The molecule has 94 valence electrons. The number of nitrogens with zero attached hydrogens (tertiary/aromatic N) is 4. The number of likely N-dealkylation sites (N-methyl/N-ethyl adjacent to an activating group) is 1. The number of thioether (sulfide) groups is 1. The molecule has 1 amide bonds. The predicted octanol–water partition coefficient (Wildman–Crippen LogP) is -0.202. The van der Waals surface area contributed by atoms with Crippen LogP contribution in [0.1, 0.15) is 10.5 Å². The molecule has 17 heavy (non-hydrogen) atoms. The van der Waals surface area contributed by atoms with E-state index in [0.717, 1.165) is 5.75 Å². The molecule has 0 spiro atoms. The lowest BCUT2D eigenvalue weighted by molar-refractivity contribution is -0.130. The number of amides is 1. The predicted molar refractivity (Wildman–Crippen MR) is 63.0 cm³/mol. The molecule has 0 bridgehead atoms. The number of hydrogen-bond donors (Lipinski definition) is 1. The van der Waals surface area contributed by atoms with Crippen LogP contribution in [0.5, 0.6) is 0 Å². The summed E-state index contributed by atoms with van der Waals surface area (Å²) in [6.45, 7) is 0.658. The maximum absolute atomic E-state index is 11.7. The molecule has 1 heterocycles. The minimum atomic E-state index is -1.15. The first-order valence-electron chi connectivity index (χ1n) is 4.91. The lowest BCUT2D eigenvalue weighted by Gasteiger charge is -2.15. The van der Waals surface area contributed by atoms with Crippen molar-refractivity contribution in [3.8, 4) is 0 Å². The summed E-state index contributed by atoms with van der Waals surface area (Å²) in [4.78, 5) is 23.8. The molecule has 0 atom stereocenters. The van der Waals surface area contributed by atoms with Gasteiger partial charge < -0.3 is 10.0 Å². The fraction of sp³-hybridized carbons (Fsp3) is 0.556. The summed E-state index contributed by atoms with van der Waals surface area (Å²) in [5, 5.41) is 15.6. The summed E-state index contributed by atoms with van der Waals surface area (Å²) >= 11 is 1.66. The molecule has 1 aromatic rings. The fourth-order valence-electron chi connectivity index (χ4n) is 1.09. The van der Waals surface area contributed by atoms with Crippen LogP contribution in [-0.2, 0) is 11.3 Å². The van der Waals surface area contributed by atoms with Crippen LogP contribution in [0.15, 0.2) is 6.20 Å². The van der Waals surface area contributed by atoms with Crippen molar-refractivity contribution in [2.75, 3.05) is 25.6 Å². The maximum Gasteiger partial charge on any atom is 0.358 e. The van der Waals surface area contributed by atoms with E-state index in [4.69, 9.17) is 5.11 Å². The topological polar surface area (TPSA) is 88.3 Å². The SMILES string of the molecule is CSCCN(C)C(=O)Cn1cc(C(=O)O)nn1. The number of hydrogen-bond acceptors (Lipinski definition) is 5. The second-order valence-corrected chi connectivity index (χ2v) is 4.40. The van der Waals surface area contributed by atoms with Crippen LogP contribution in [-0.4, -0.2) is 62.5 Å². The van der Waals surface area contributed by atoms with Crippen LogP contribution >= 0.6 is 11.8 Å². The van der Waals surface area contributed by atoms with Gasteiger partial charge in [-0.05, 0) is 6.26 Å². The number of carbonyl (C=O) groups excluding carboxylic acids is 1. The highest BCUT2D eigenvalue weighted by atomic mass is 32.2. The lowest BCUT2D eigenvalue weighted by atomic mass is 10.4. The Hall–Kier alpha value is -1.57. The molecule has 0 saturated carbocycles. The van der Waals surface area contributed by atoms with Gasteiger partial charge in [0.15, 0.2) is 5.69 Å². The molecule has 0 fully saturated rings. The molecule has 0 saturated heterocycles. The Labute approximate surface area is 103 Å². The Morgan fingerprint density at radius 3 is 2.82 bits per heavy atom. The Morgan fingerprint density at radius 2 is 2.29 bits per heavy atom. The van der Waals surface area contributed by atoms with Gasteiger partial charge in [0.25, 0.3) is 0 Å². The summed E-state index contributed by atoms with van der Waals surface area (Å²) in [6, 6.07) is 0. The standard InChI is InChI=1S/C9H14N4O3S/c1-12(3-4-17-2)8(14)6-13-5-7(9(15)16)10-11-13/h5H,3-4,6H2,1-2H3,(H,15,16). The Morgan fingerprint density at radius 1 is 1.59 bits per heavy atom. The largest absolute Gasteiger partial charge is 0.476 e. The Bertz CT molecular complexity index is 407. The van der Waals surface area contributed by atoms with E-state index in [1.807, 2.05) is 6.26 Å². The van der Waals surface area contributed by atoms with Crippen LogP contribution in [0.4, 0.5) is 0 Å². The molecule has 1 aromatic heterocycles. The van der Waals surface area contributed by atoms with Crippen LogP contribution in [0.3, 0.4) is 0 Å². The van der Waals surface area contributed by atoms with Gasteiger partial charge in [0, 0.05) is 19.3 Å². The molecule has 0 aliphatic heterocycles. The van der Waals surface area contributed by atoms with Crippen molar-refractivity contribution < 1.29 is 14.7 Å². The summed E-state index contributed by atoms with van der Waals surface area (Å²) in [6.07, 6.45) is 3.21. The minimum absolute atomic E-state index is 0.00512. The summed E-state index contributed by atoms with van der Waals surface area (Å²) < 4.78 is 1.22. The molecule has 7 nitrogen and oxygen atoms in total. The molecule has 0 unspecified atom stereocenters. The number of carbonyl (C=O) groups is 2. The third kappa shape index (κ3) is 4.06. The van der Waals surface area contributed by atoms with Gasteiger partial charge in [-0.2, -0.15) is 11.8 Å². The van der Waals surface area contributed by atoms with Crippen molar-refractivity contribution in [3.63, 3.8) is 0 Å². The van der Waals surface area contributed by atoms with E-state index in [1.165, 1.54) is 10.9 Å². The first kappa shape index (κ1) is 13.5. The van der Waals surface area contributed by atoms with Crippen molar-refractivity contribution in [1.29, 1.82) is 0 Å².